The number of hydrogen-bond acceptors (Lipinski definition) is 7. The molecule has 0 spiro atoms. The Labute approximate surface area is 158 Å². The van der Waals surface area contributed by atoms with Crippen LogP contribution < -0.4 is 5.32 Å². The highest BCUT2D eigenvalue weighted by molar-refractivity contribution is 8.00. The Balaban J connectivity index is 1.70. The van der Waals surface area contributed by atoms with Crippen LogP contribution in [0.3, 0.4) is 0 Å². The first-order valence-corrected chi connectivity index (χ1v) is 10.9. The minimum Gasteiger partial charge on any atom is -0.431 e. The highest BCUT2D eigenvalue weighted by Crippen LogP contribution is 2.34. The maximum atomic E-state index is 12.4. The summed E-state index contributed by atoms with van der Waals surface area (Å²) in [4.78, 5) is 22.2. The van der Waals surface area contributed by atoms with E-state index in [2.05, 4.69) is 15.3 Å². The van der Waals surface area contributed by atoms with Crippen molar-refractivity contribution in [1.29, 1.82) is 0 Å². The molecule has 0 aliphatic rings. The zero-order valence-electron chi connectivity index (χ0n) is 14.0. The van der Waals surface area contributed by atoms with Crippen molar-refractivity contribution in [1.82, 2.24) is 9.97 Å². The van der Waals surface area contributed by atoms with E-state index in [0.717, 1.165) is 32.4 Å². The molecular formula is C17H17N3O2S3. The molecule has 1 N–H and O–H groups in total. The van der Waals surface area contributed by atoms with Crippen LogP contribution in [0.25, 0.3) is 11.1 Å². The summed E-state index contributed by atoms with van der Waals surface area (Å²) < 4.78 is 5.63. The number of aryl methyl sites for hydroxylation is 1. The molecule has 0 aliphatic carbocycles. The second kappa shape index (κ2) is 8.16. The second-order valence-electron chi connectivity index (χ2n) is 5.13. The molecular weight excluding hydrogens is 374 g/mol. The van der Waals surface area contributed by atoms with Crippen LogP contribution in [0.5, 0.6) is 0 Å². The maximum absolute atomic E-state index is 12.4. The third kappa shape index (κ3) is 4.31. The number of carbonyl (C=O) groups excluding carboxylic acids is 1. The number of oxazole rings is 1. The molecule has 0 bridgehead atoms. The van der Waals surface area contributed by atoms with Crippen molar-refractivity contribution in [3.63, 3.8) is 0 Å². The highest BCUT2D eigenvalue weighted by atomic mass is 32.2. The van der Waals surface area contributed by atoms with Gasteiger partial charge in [-0.3, -0.25) is 4.79 Å². The van der Waals surface area contributed by atoms with Crippen LogP contribution in [0, 0.1) is 6.92 Å². The van der Waals surface area contributed by atoms with Crippen LogP contribution in [0.2, 0.25) is 0 Å². The number of benzene rings is 1. The van der Waals surface area contributed by atoms with Gasteiger partial charge in [0.2, 0.25) is 5.91 Å². The van der Waals surface area contributed by atoms with Crippen molar-refractivity contribution in [3.05, 3.63) is 36.0 Å². The number of carbonyl (C=O) groups is 1. The second-order valence-corrected chi connectivity index (χ2v) is 7.70. The third-order valence-electron chi connectivity index (χ3n) is 3.36. The summed E-state index contributed by atoms with van der Waals surface area (Å²) in [6.07, 6.45) is 3.94. The van der Waals surface area contributed by atoms with E-state index in [9.17, 15) is 4.79 Å². The normalized spacial score (nSPS) is 11.0. The molecule has 0 saturated heterocycles. The Hall–Kier alpha value is -1.64. The smallest absolute Gasteiger partial charge is 0.257 e. The van der Waals surface area contributed by atoms with Gasteiger partial charge in [-0.05, 0) is 37.6 Å². The van der Waals surface area contributed by atoms with Crippen LogP contribution in [-0.4, -0.2) is 34.1 Å². The van der Waals surface area contributed by atoms with E-state index in [1.807, 2.05) is 49.8 Å². The van der Waals surface area contributed by atoms with Crippen LogP contribution in [-0.2, 0) is 4.79 Å². The minimum atomic E-state index is -0.108. The molecule has 1 aromatic carbocycles. The fraction of sp³-hybridized carbons (Fsp3) is 0.235. The summed E-state index contributed by atoms with van der Waals surface area (Å²) in [6.45, 7) is 1.95. The van der Waals surface area contributed by atoms with Gasteiger partial charge in [0.15, 0.2) is 5.58 Å². The number of pyridine rings is 1. The molecule has 2 heterocycles. The number of para-hydroxylation sites is 2. The largest absolute Gasteiger partial charge is 0.431 e. The van der Waals surface area contributed by atoms with E-state index in [1.54, 1.807) is 11.8 Å². The highest BCUT2D eigenvalue weighted by Gasteiger charge is 2.15. The van der Waals surface area contributed by atoms with Crippen molar-refractivity contribution >= 4 is 58.0 Å². The van der Waals surface area contributed by atoms with Gasteiger partial charge in [0.1, 0.15) is 10.5 Å². The van der Waals surface area contributed by atoms with Crippen molar-refractivity contribution < 1.29 is 9.21 Å². The lowest BCUT2D eigenvalue weighted by Gasteiger charge is -2.13. The van der Waals surface area contributed by atoms with Gasteiger partial charge in [0.25, 0.3) is 5.22 Å². The molecule has 130 valence electrons. The summed E-state index contributed by atoms with van der Waals surface area (Å²) in [5.41, 5.74) is 3.23. The van der Waals surface area contributed by atoms with Crippen molar-refractivity contribution in [2.75, 3.05) is 23.6 Å². The van der Waals surface area contributed by atoms with Crippen LogP contribution in [0.1, 0.15) is 5.69 Å². The van der Waals surface area contributed by atoms with E-state index in [-0.39, 0.29) is 11.7 Å². The summed E-state index contributed by atoms with van der Waals surface area (Å²) in [5.74, 6) is 0.117. The average molecular weight is 392 g/mol. The van der Waals surface area contributed by atoms with Gasteiger partial charge in [-0.25, -0.2) is 9.97 Å². The number of anilines is 1. The minimum absolute atomic E-state index is 0.108. The van der Waals surface area contributed by atoms with Gasteiger partial charge < -0.3 is 9.73 Å². The van der Waals surface area contributed by atoms with Crippen molar-refractivity contribution in [2.24, 2.45) is 0 Å². The SMILES string of the molecule is CSc1cc(C)nc(SC)c1NC(=O)CSc1nc2ccccc2o1. The average Bonchev–Trinajstić information content (AvgIpc) is 3.04. The summed E-state index contributed by atoms with van der Waals surface area (Å²) in [7, 11) is 0. The molecule has 8 heteroatoms. The molecule has 0 fully saturated rings. The number of amides is 1. The predicted molar refractivity (Wildman–Crippen MR) is 106 cm³/mol. The molecule has 0 atom stereocenters. The Bertz CT molecular complexity index is 853. The Morgan fingerprint density at radius 2 is 2.00 bits per heavy atom. The fourth-order valence-electron chi connectivity index (χ4n) is 2.25. The first-order valence-electron chi connectivity index (χ1n) is 7.48. The molecule has 2 aromatic heterocycles. The van der Waals surface area contributed by atoms with E-state index >= 15 is 0 Å². The zero-order chi connectivity index (χ0) is 17.8. The zero-order valence-corrected chi connectivity index (χ0v) is 16.5. The first-order chi connectivity index (χ1) is 12.1. The van der Waals surface area contributed by atoms with Gasteiger partial charge >= 0.3 is 0 Å². The predicted octanol–water partition coefficient (Wildman–Crippen LogP) is 4.71. The lowest BCUT2D eigenvalue weighted by atomic mass is 10.3. The fourth-order valence-corrected chi connectivity index (χ4v) is 4.20. The van der Waals surface area contributed by atoms with Crippen LogP contribution >= 0.6 is 35.3 Å². The van der Waals surface area contributed by atoms with Crippen LogP contribution in [0.15, 0.2) is 49.9 Å². The molecule has 1 amide bonds. The maximum Gasteiger partial charge on any atom is 0.257 e. The van der Waals surface area contributed by atoms with E-state index in [1.165, 1.54) is 23.5 Å². The quantitative estimate of drug-likeness (QED) is 0.611. The Morgan fingerprint density at radius 3 is 2.72 bits per heavy atom. The number of hydrogen-bond donors (Lipinski definition) is 1. The summed E-state index contributed by atoms with van der Waals surface area (Å²) >= 11 is 4.39. The molecule has 5 nitrogen and oxygen atoms in total. The summed E-state index contributed by atoms with van der Waals surface area (Å²) in [6, 6.07) is 9.53. The van der Waals surface area contributed by atoms with Gasteiger partial charge in [-0.15, -0.1) is 23.5 Å². The molecule has 0 aliphatic heterocycles. The van der Waals surface area contributed by atoms with Crippen LogP contribution in [0.4, 0.5) is 5.69 Å². The van der Waals surface area contributed by atoms with Gasteiger partial charge in [-0.1, -0.05) is 23.9 Å². The third-order valence-corrected chi connectivity index (χ3v) is 5.63. The van der Waals surface area contributed by atoms with Gasteiger partial charge in [-0.2, -0.15) is 0 Å². The number of aromatic nitrogens is 2. The Kier molecular flexibility index (Phi) is 5.93. The van der Waals surface area contributed by atoms with Gasteiger partial charge in [0.05, 0.1) is 11.4 Å². The standard InChI is InChI=1S/C17H17N3O2S3/c1-10-8-13(23-2)15(16(18-10)24-3)20-14(21)9-25-17-19-11-6-4-5-7-12(11)22-17/h4-8H,9H2,1-3H3,(H,20,21). The van der Waals surface area contributed by atoms with E-state index in [0.29, 0.717) is 5.22 Å². The van der Waals surface area contributed by atoms with Crippen molar-refractivity contribution in [3.8, 4) is 0 Å². The molecule has 3 rings (SSSR count). The molecule has 0 radical (unpaired) electrons. The first kappa shape index (κ1) is 18.2. The van der Waals surface area contributed by atoms with Crippen molar-refractivity contribution in [2.45, 2.75) is 22.1 Å². The topological polar surface area (TPSA) is 68.0 Å². The summed E-state index contributed by atoms with van der Waals surface area (Å²) in [5, 5.41) is 4.30. The molecule has 0 unspecified atom stereocenters. The number of thioether (sulfide) groups is 3. The number of fused-ring (bicyclic) bond motifs is 1. The molecule has 3 aromatic rings. The van der Waals surface area contributed by atoms with E-state index in [4.69, 9.17) is 4.42 Å². The molecule has 25 heavy (non-hydrogen) atoms. The van der Waals surface area contributed by atoms with E-state index < -0.39 is 0 Å². The lowest BCUT2D eigenvalue weighted by Crippen LogP contribution is -2.16. The number of nitrogens with zero attached hydrogens (tertiary/aromatic N) is 2. The molecule has 0 saturated carbocycles. The Morgan fingerprint density at radius 1 is 1.20 bits per heavy atom. The van der Waals surface area contributed by atoms with Gasteiger partial charge in [0, 0.05) is 10.6 Å². The number of nitrogens with one attached hydrogen (secondary N) is 1. The monoisotopic (exact) mass is 391 g/mol. The lowest BCUT2D eigenvalue weighted by molar-refractivity contribution is -0.113. The number of rotatable bonds is 6.